The van der Waals surface area contributed by atoms with Gasteiger partial charge in [0.05, 0.1) is 10.9 Å². The molecule has 1 aliphatic heterocycles. The summed E-state index contributed by atoms with van der Waals surface area (Å²) in [4.78, 5) is 16.7. The molecule has 0 spiro atoms. The first-order valence-corrected chi connectivity index (χ1v) is 8.24. The number of hydrogen-bond acceptors (Lipinski definition) is 7. The number of hydrogen-bond donors (Lipinski definition) is 0. The number of thiophene rings is 1. The molecule has 21 heavy (non-hydrogen) atoms. The lowest BCUT2D eigenvalue weighted by atomic mass is 10.3. The molecular weight excluding hydrogens is 306 g/mol. The Morgan fingerprint density at radius 2 is 2.14 bits per heavy atom. The number of rotatable bonds is 3. The molecule has 0 bridgehead atoms. The van der Waals surface area contributed by atoms with Gasteiger partial charge in [0.1, 0.15) is 6.42 Å². The molecule has 108 valence electrons. The predicted molar refractivity (Wildman–Crippen MR) is 82.2 cm³/mol. The normalized spacial score (nSPS) is 15.0. The number of aromatic nitrogens is 2. The van der Waals surface area contributed by atoms with Gasteiger partial charge in [-0.15, -0.1) is 21.5 Å². The molecule has 2 aromatic rings. The SMILES string of the molecule is N#CCC(=O)N1CCN(c2nnc(-c3cccs3)s2)CC1. The number of nitriles is 1. The molecule has 0 aliphatic carbocycles. The van der Waals surface area contributed by atoms with Crippen LogP contribution < -0.4 is 4.90 Å². The van der Waals surface area contributed by atoms with Crippen LogP contribution in [0, 0.1) is 11.3 Å². The fourth-order valence-electron chi connectivity index (χ4n) is 2.17. The van der Waals surface area contributed by atoms with E-state index in [0.29, 0.717) is 13.1 Å². The van der Waals surface area contributed by atoms with Gasteiger partial charge in [-0.3, -0.25) is 4.79 Å². The predicted octanol–water partition coefficient (Wildman–Crippen LogP) is 1.83. The van der Waals surface area contributed by atoms with Crippen molar-refractivity contribution in [3.05, 3.63) is 17.5 Å². The van der Waals surface area contributed by atoms with E-state index in [0.717, 1.165) is 28.1 Å². The van der Waals surface area contributed by atoms with Gasteiger partial charge in [-0.05, 0) is 11.4 Å². The topological polar surface area (TPSA) is 73.1 Å². The van der Waals surface area contributed by atoms with Gasteiger partial charge in [0, 0.05) is 26.2 Å². The van der Waals surface area contributed by atoms with Gasteiger partial charge >= 0.3 is 0 Å². The maximum absolute atomic E-state index is 11.7. The number of nitrogens with zero attached hydrogens (tertiary/aromatic N) is 5. The van der Waals surface area contributed by atoms with Crippen molar-refractivity contribution in [3.63, 3.8) is 0 Å². The van der Waals surface area contributed by atoms with Crippen LogP contribution >= 0.6 is 22.7 Å². The average molecular weight is 319 g/mol. The minimum absolute atomic E-state index is 0.0403. The zero-order valence-corrected chi connectivity index (χ0v) is 12.9. The van der Waals surface area contributed by atoms with Crippen molar-refractivity contribution in [3.8, 4) is 16.0 Å². The van der Waals surface area contributed by atoms with E-state index in [-0.39, 0.29) is 12.3 Å². The molecule has 1 amide bonds. The summed E-state index contributed by atoms with van der Waals surface area (Å²) in [5, 5.41) is 20.9. The van der Waals surface area contributed by atoms with Gasteiger partial charge in [0.2, 0.25) is 11.0 Å². The highest BCUT2D eigenvalue weighted by Crippen LogP contribution is 2.31. The Bertz CT molecular complexity index is 652. The molecule has 0 N–H and O–H groups in total. The first kappa shape index (κ1) is 14.0. The minimum Gasteiger partial charge on any atom is -0.343 e. The van der Waals surface area contributed by atoms with E-state index < -0.39 is 0 Å². The molecule has 8 heteroatoms. The van der Waals surface area contributed by atoms with Gasteiger partial charge < -0.3 is 9.80 Å². The molecular formula is C13H13N5OS2. The molecule has 0 unspecified atom stereocenters. The van der Waals surface area contributed by atoms with Crippen molar-refractivity contribution in [2.24, 2.45) is 0 Å². The molecule has 0 radical (unpaired) electrons. The lowest BCUT2D eigenvalue weighted by Crippen LogP contribution is -2.48. The van der Waals surface area contributed by atoms with E-state index in [2.05, 4.69) is 15.1 Å². The largest absolute Gasteiger partial charge is 0.343 e. The van der Waals surface area contributed by atoms with Crippen LogP contribution in [0.3, 0.4) is 0 Å². The van der Waals surface area contributed by atoms with Crippen LogP contribution in [0.4, 0.5) is 5.13 Å². The van der Waals surface area contributed by atoms with Crippen LogP contribution in [0.1, 0.15) is 6.42 Å². The quantitative estimate of drug-likeness (QED) is 0.863. The third kappa shape index (κ3) is 3.04. The van der Waals surface area contributed by atoms with Crippen molar-refractivity contribution in [1.29, 1.82) is 5.26 Å². The summed E-state index contributed by atoms with van der Waals surface area (Å²) in [6.07, 6.45) is -0.0403. The molecule has 2 aromatic heterocycles. The van der Waals surface area contributed by atoms with Crippen LogP contribution in [0.5, 0.6) is 0 Å². The summed E-state index contributed by atoms with van der Waals surface area (Å²) >= 11 is 3.23. The summed E-state index contributed by atoms with van der Waals surface area (Å²) in [6, 6.07) is 5.94. The van der Waals surface area contributed by atoms with Crippen LogP contribution in [0.15, 0.2) is 17.5 Å². The molecule has 1 saturated heterocycles. The molecule has 6 nitrogen and oxygen atoms in total. The Hall–Kier alpha value is -1.98. The smallest absolute Gasteiger partial charge is 0.236 e. The Morgan fingerprint density at radius 3 is 2.81 bits per heavy atom. The summed E-state index contributed by atoms with van der Waals surface area (Å²) in [6.45, 7) is 2.73. The molecule has 3 rings (SSSR count). The Balaban J connectivity index is 1.63. The van der Waals surface area contributed by atoms with E-state index in [4.69, 9.17) is 5.26 Å². The van der Waals surface area contributed by atoms with Crippen molar-refractivity contribution in [1.82, 2.24) is 15.1 Å². The lowest BCUT2D eigenvalue weighted by Gasteiger charge is -2.33. The van der Waals surface area contributed by atoms with Crippen LogP contribution in [-0.4, -0.2) is 47.2 Å². The highest BCUT2D eigenvalue weighted by atomic mass is 32.1. The first-order chi connectivity index (χ1) is 10.3. The fourth-order valence-corrected chi connectivity index (χ4v) is 3.86. The van der Waals surface area contributed by atoms with E-state index in [1.54, 1.807) is 27.6 Å². The highest BCUT2D eigenvalue weighted by molar-refractivity contribution is 7.22. The maximum atomic E-state index is 11.7. The van der Waals surface area contributed by atoms with Gasteiger partial charge in [0.15, 0.2) is 5.01 Å². The van der Waals surface area contributed by atoms with Gasteiger partial charge in [-0.2, -0.15) is 5.26 Å². The lowest BCUT2D eigenvalue weighted by molar-refractivity contribution is -0.130. The number of amides is 1. The summed E-state index contributed by atoms with van der Waals surface area (Å²) in [5.41, 5.74) is 0. The third-order valence-electron chi connectivity index (χ3n) is 3.28. The molecule has 0 saturated carbocycles. The monoisotopic (exact) mass is 319 g/mol. The maximum Gasteiger partial charge on any atom is 0.236 e. The second-order valence-corrected chi connectivity index (χ2v) is 6.47. The zero-order chi connectivity index (χ0) is 14.7. The highest BCUT2D eigenvalue weighted by Gasteiger charge is 2.23. The Labute approximate surface area is 130 Å². The molecule has 0 aromatic carbocycles. The van der Waals surface area contributed by atoms with Gasteiger partial charge in [-0.1, -0.05) is 17.4 Å². The van der Waals surface area contributed by atoms with Gasteiger partial charge in [-0.25, -0.2) is 0 Å². The Morgan fingerprint density at radius 1 is 1.33 bits per heavy atom. The number of piperazine rings is 1. The second-order valence-electron chi connectivity index (χ2n) is 4.57. The van der Waals surface area contributed by atoms with E-state index in [1.807, 2.05) is 23.6 Å². The third-order valence-corrected chi connectivity index (χ3v) is 5.30. The summed E-state index contributed by atoms with van der Waals surface area (Å²) < 4.78 is 0. The standard InChI is InChI=1S/C13H13N5OS2/c14-4-3-11(19)17-5-7-18(8-6-17)13-16-15-12(21-13)10-2-1-9-20-10/h1-2,9H,3,5-8H2. The number of carbonyl (C=O) groups excluding carboxylic acids is 1. The number of carbonyl (C=O) groups is 1. The number of anilines is 1. The van der Waals surface area contributed by atoms with Crippen molar-refractivity contribution in [2.45, 2.75) is 6.42 Å². The molecule has 1 fully saturated rings. The fraction of sp³-hybridized carbons (Fsp3) is 0.385. The zero-order valence-electron chi connectivity index (χ0n) is 11.2. The molecule has 1 aliphatic rings. The minimum atomic E-state index is -0.0892. The van der Waals surface area contributed by atoms with Crippen molar-refractivity contribution in [2.75, 3.05) is 31.1 Å². The van der Waals surface area contributed by atoms with Gasteiger partial charge in [0.25, 0.3) is 0 Å². The van der Waals surface area contributed by atoms with Crippen molar-refractivity contribution < 1.29 is 4.79 Å². The Kier molecular flexibility index (Phi) is 4.13. The first-order valence-electron chi connectivity index (χ1n) is 6.55. The molecule has 3 heterocycles. The van der Waals surface area contributed by atoms with Crippen LogP contribution in [0.25, 0.3) is 9.88 Å². The van der Waals surface area contributed by atoms with E-state index in [9.17, 15) is 4.79 Å². The molecule has 0 atom stereocenters. The second kappa shape index (κ2) is 6.20. The van der Waals surface area contributed by atoms with Crippen molar-refractivity contribution >= 4 is 33.7 Å². The average Bonchev–Trinajstić information content (AvgIpc) is 3.19. The van der Waals surface area contributed by atoms with Crippen LogP contribution in [-0.2, 0) is 4.79 Å². The van der Waals surface area contributed by atoms with E-state index in [1.165, 1.54) is 0 Å². The summed E-state index contributed by atoms with van der Waals surface area (Å²) in [7, 11) is 0. The summed E-state index contributed by atoms with van der Waals surface area (Å²) in [5.74, 6) is -0.0892. The van der Waals surface area contributed by atoms with Crippen LogP contribution in [0.2, 0.25) is 0 Å². The van der Waals surface area contributed by atoms with E-state index >= 15 is 0 Å².